The van der Waals surface area contributed by atoms with Crippen LogP contribution in [-0.4, -0.2) is 25.4 Å². The Morgan fingerprint density at radius 1 is 1.32 bits per heavy atom. The molecule has 1 saturated heterocycles. The third-order valence-corrected chi connectivity index (χ3v) is 3.42. The SMILES string of the molecule is CC(C)Oc1ccccc1[C@@H](C)NC[C@H]1CCCO1. The smallest absolute Gasteiger partial charge is 0.124 e. The molecule has 0 radical (unpaired) electrons. The van der Waals surface area contributed by atoms with Crippen LogP contribution >= 0.6 is 0 Å². The molecular formula is C16H25NO2. The molecule has 1 aliphatic rings. The van der Waals surface area contributed by atoms with E-state index in [1.807, 2.05) is 12.1 Å². The zero-order chi connectivity index (χ0) is 13.7. The van der Waals surface area contributed by atoms with Crippen LogP contribution in [0.1, 0.15) is 45.2 Å². The van der Waals surface area contributed by atoms with E-state index in [0.29, 0.717) is 6.10 Å². The Kier molecular flexibility index (Phi) is 5.23. The zero-order valence-electron chi connectivity index (χ0n) is 12.2. The highest BCUT2D eigenvalue weighted by atomic mass is 16.5. The van der Waals surface area contributed by atoms with Crippen LogP contribution in [0.3, 0.4) is 0 Å². The molecule has 1 aromatic carbocycles. The summed E-state index contributed by atoms with van der Waals surface area (Å²) in [5, 5.41) is 3.55. The quantitative estimate of drug-likeness (QED) is 0.854. The number of rotatable bonds is 6. The molecule has 1 aliphatic heterocycles. The average molecular weight is 263 g/mol. The Labute approximate surface area is 116 Å². The molecule has 1 heterocycles. The molecule has 1 aromatic rings. The molecule has 2 atom stereocenters. The maximum atomic E-state index is 5.87. The lowest BCUT2D eigenvalue weighted by Gasteiger charge is -2.21. The minimum Gasteiger partial charge on any atom is -0.491 e. The first-order valence-corrected chi connectivity index (χ1v) is 7.27. The molecule has 106 valence electrons. The first-order valence-electron chi connectivity index (χ1n) is 7.27. The molecule has 0 aromatic heterocycles. The van der Waals surface area contributed by atoms with E-state index in [2.05, 4.69) is 38.2 Å². The van der Waals surface area contributed by atoms with Gasteiger partial charge in [-0.1, -0.05) is 18.2 Å². The maximum absolute atomic E-state index is 5.87. The summed E-state index contributed by atoms with van der Waals surface area (Å²) in [6, 6.07) is 8.53. The van der Waals surface area contributed by atoms with Crippen LogP contribution in [0.15, 0.2) is 24.3 Å². The lowest BCUT2D eigenvalue weighted by molar-refractivity contribution is 0.108. The van der Waals surface area contributed by atoms with E-state index < -0.39 is 0 Å². The van der Waals surface area contributed by atoms with Crippen LogP contribution in [0.5, 0.6) is 5.75 Å². The second-order valence-corrected chi connectivity index (χ2v) is 5.47. The summed E-state index contributed by atoms with van der Waals surface area (Å²) < 4.78 is 11.5. The second kappa shape index (κ2) is 6.92. The van der Waals surface area contributed by atoms with Crippen LogP contribution < -0.4 is 10.1 Å². The van der Waals surface area contributed by atoms with Gasteiger partial charge < -0.3 is 14.8 Å². The van der Waals surface area contributed by atoms with Crippen LogP contribution in [-0.2, 0) is 4.74 Å². The highest BCUT2D eigenvalue weighted by molar-refractivity contribution is 5.35. The fraction of sp³-hybridized carbons (Fsp3) is 0.625. The summed E-state index contributed by atoms with van der Waals surface area (Å²) in [6.07, 6.45) is 2.93. The standard InChI is InChI=1S/C16H25NO2/c1-12(2)19-16-9-5-4-8-15(16)13(3)17-11-14-7-6-10-18-14/h4-5,8-9,12-14,17H,6-7,10-11H2,1-3H3/t13-,14-/m1/s1. The minimum atomic E-state index is 0.200. The third-order valence-electron chi connectivity index (χ3n) is 3.42. The topological polar surface area (TPSA) is 30.5 Å². The molecule has 0 spiro atoms. The van der Waals surface area contributed by atoms with E-state index in [1.165, 1.54) is 18.4 Å². The molecule has 2 rings (SSSR count). The van der Waals surface area contributed by atoms with E-state index in [4.69, 9.17) is 9.47 Å². The number of nitrogens with one attached hydrogen (secondary N) is 1. The predicted octanol–water partition coefficient (Wildman–Crippen LogP) is 3.30. The Morgan fingerprint density at radius 2 is 2.11 bits per heavy atom. The van der Waals surface area contributed by atoms with Gasteiger partial charge in [0.15, 0.2) is 0 Å². The van der Waals surface area contributed by atoms with E-state index in [-0.39, 0.29) is 12.1 Å². The number of benzene rings is 1. The summed E-state index contributed by atoms with van der Waals surface area (Å²) in [6.45, 7) is 8.12. The van der Waals surface area contributed by atoms with Crippen LogP contribution in [0, 0.1) is 0 Å². The van der Waals surface area contributed by atoms with Gasteiger partial charge in [0, 0.05) is 24.8 Å². The number of hydrogen-bond donors (Lipinski definition) is 1. The van der Waals surface area contributed by atoms with Crippen molar-refractivity contribution < 1.29 is 9.47 Å². The van der Waals surface area contributed by atoms with Gasteiger partial charge in [0.2, 0.25) is 0 Å². The maximum Gasteiger partial charge on any atom is 0.124 e. The van der Waals surface area contributed by atoms with Crippen molar-refractivity contribution in [3.05, 3.63) is 29.8 Å². The van der Waals surface area contributed by atoms with Crippen molar-refractivity contribution in [2.24, 2.45) is 0 Å². The van der Waals surface area contributed by atoms with Crippen LogP contribution in [0.4, 0.5) is 0 Å². The first-order chi connectivity index (χ1) is 9.16. The number of ether oxygens (including phenoxy) is 2. The molecule has 0 unspecified atom stereocenters. The van der Waals surface area contributed by atoms with Gasteiger partial charge in [-0.15, -0.1) is 0 Å². The Morgan fingerprint density at radius 3 is 2.79 bits per heavy atom. The summed E-state index contributed by atoms with van der Waals surface area (Å²) in [4.78, 5) is 0. The van der Waals surface area contributed by atoms with Crippen molar-refractivity contribution in [2.75, 3.05) is 13.2 Å². The largest absolute Gasteiger partial charge is 0.491 e. The van der Waals surface area contributed by atoms with Gasteiger partial charge >= 0.3 is 0 Å². The van der Waals surface area contributed by atoms with Crippen molar-refractivity contribution in [3.63, 3.8) is 0 Å². The third kappa shape index (κ3) is 4.22. The minimum absolute atomic E-state index is 0.200. The lowest BCUT2D eigenvalue weighted by Crippen LogP contribution is -2.29. The fourth-order valence-corrected chi connectivity index (χ4v) is 2.42. The molecule has 0 aliphatic carbocycles. The van der Waals surface area contributed by atoms with Crippen LogP contribution in [0.2, 0.25) is 0 Å². The van der Waals surface area contributed by atoms with E-state index >= 15 is 0 Å². The van der Waals surface area contributed by atoms with Crippen molar-refractivity contribution in [1.82, 2.24) is 5.32 Å². The van der Waals surface area contributed by atoms with Gasteiger partial charge in [0.25, 0.3) is 0 Å². The fourth-order valence-electron chi connectivity index (χ4n) is 2.42. The van der Waals surface area contributed by atoms with E-state index in [9.17, 15) is 0 Å². The molecule has 3 heteroatoms. The molecular weight excluding hydrogens is 238 g/mol. The van der Waals surface area contributed by atoms with Crippen molar-refractivity contribution in [1.29, 1.82) is 0 Å². The molecule has 0 amide bonds. The molecule has 0 saturated carbocycles. The highest BCUT2D eigenvalue weighted by Crippen LogP contribution is 2.26. The Bertz CT molecular complexity index is 386. The van der Waals surface area contributed by atoms with E-state index in [0.717, 1.165) is 18.9 Å². The van der Waals surface area contributed by atoms with Gasteiger partial charge in [-0.3, -0.25) is 0 Å². The molecule has 19 heavy (non-hydrogen) atoms. The molecule has 1 N–H and O–H groups in total. The lowest BCUT2D eigenvalue weighted by atomic mass is 10.1. The summed E-state index contributed by atoms with van der Waals surface area (Å²) in [7, 11) is 0. The van der Waals surface area contributed by atoms with Gasteiger partial charge in [-0.05, 0) is 39.7 Å². The molecule has 0 bridgehead atoms. The van der Waals surface area contributed by atoms with Crippen molar-refractivity contribution in [2.45, 2.75) is 51.9 Å². The number of hydrogen-bond acceptors (Lipinski definition) is 3. The summed E-state index contributed by atoms with van der Waals surface area (Å²) in [5.74, 6) is 0.977. The molecule has 3 nitrogen and oxygen atoms in total. The average Bonchev–Trinajstić information content (AvgIpc) is 2.89. The van der Waals surface area contributed by atoms with E-state index in [1.54, 1.807) is 0 Å². The normalized spacial score (nSPS) is 20.7. The predicted molar refractivity (Wildman–Crippen MR) is 77.6 cm³/mol. The first kappa shape index (κ1) is 14.4. The van der Waals surface area contributed by atoms with Gasteiger partial charge in [-0.25, -0.2) is 0 Å². The Balaban J connectivity index is 1.95. The zero-order valence-corrected chi connectivity index (χ0v) is 12.2. The summed E-state index contributed by atoms with van der Waals surface area (Å²) >= 11 is 0. The summed E-state index contributed by atoms with van der Waals surface area (Å²) in [5.41, 5.74) is 1.22. The van der Waals surface area contributed by atoms with Gasteiger partial charge in [0.1, 0.15) is 5.75 Å². The second-order valence-electron chi connectivity index (χ2n) is 5.47. The monoisotopic (exact) mass is 263 g/mol. The Hall–Kier alpha value is -1.06. The van der Waals surface area contributed by atoms with Gasteiger partial charge in [0.05, 0.1) is 12.2 Å². The van der Waals surface area contributed by atoms with Crippen molar-refractivity contribution in [3.8, 4) is 5.75 Å². The number of para-hydroxylation sites is 1. The van der Waals surface area contributed by atoms with Crippen LogP contribution in [0.25, 0.3) is 0 Å². The molecule has 1 fully saturated rings. The van der Waals surface area contributed by atoms with Gasteiger partial charge in [-0.2, -0.15) is 0 Å². The highest BCUT2D eigenvalue weighted by Gasteiger charge is 2.18. The van der Waals surface area contributed by atoms with Crippen molar-refractivity contribution >= 4 is 0 Å².